The molecule has 0 saturated heterocycles. The number of carbonyl (C=O) groups excluding carboxylic acids is 4. The summed E-state index contributed by atoms with van der Waals surface area (Å²) in [5.74, 6) is -4.48. The number of rotatable bonds is 22. The van der Waals surface area contributed by atoms with Crippen LogP contribution in [-0.2, 0) is 47.7 Å². The molecule has 0 amide bonds. The Bertz CT molecular complexity index is 669. The fourth-order valence-electron chi connectivity index (χ4n) is 2.63. The summed E-state index contributed by atoms with van der Waals surface area (Å²) < 4.78 is 19.7. The largest absolute Gasteiger partial charge is 0.481 e. The number of hydrogen-bond acceptors (Lipinski definition) is 10. The molecule has 0 aromatic carbocycles. The molecule has 0 aliphatic rings. The Morgan fingerprint density at radius 2 is 0.750 bits per heavy atom. The van der Waals surface area contributed by atoms with Crippen LogP contribution in [0.1, 0.15) is 77.0 Å². The maximum atomic E-state index is 11.6. The Labute approximate surface area is 209 Å². The highest BCUT2D eigenvalue weighted by Crippen LogP contribution is 2.04. The lowest BCUT2D eigenvalue weighted by atomic mass is 10.2. The van der Waals surface area contributed by atoms with Gasteiger partial charge in [-0.3, -0.25) is 19.2 Å². The van der Waals surface area contributed by atoms with Crippen LogP contribution in [0.5, 0.6) is 0 Å². The molecule has 2 N–H and O–H groups in total. The van der Waals surface area contributed by atoms with Crippen LogP contribution in [0.2, 0.25) is 0 Å². The lowest BCUT2D eigenvalue weighted by Gasteiger charge is -2.05. The van der Waals surface area contributed by atoms with Gasteiger partial charge in [0.25, 0.3) is 0 Å². The van der Waals surface area contributed by atoms with Crippen molar-refractivity contribution in [1.82, 2.24) is 0 Å². The van der Waals surface area contributed by atoms with Gasteiger partial charge < -0.3 is 29.2 Å². The van der Waals surface area contributed by atoms with Crippen LogP contribution in [0.4, 0.5) is 0 Å². The second kappa shape index (κ2) is 22.1. The average molecular weight is 517 g/mol. The van der Waals surface area contributed by atoms with Crippen molar-refractivity contribution in [2.24, 2.45) is 0 Å². The molecule has 0 fully saturated rings. The molecule has 0 aromatic rings. The van der Waals surface area contributed by atoms with Crippen LogP contribution in [0.15, 0.2) is 12.2 Å². The summed E-state index contributed by atoms with van der Waals surface area (Å²) >= 11 is 0. The molecule has 0 radical (unpaired) electrons. The molecule has 12 heteroatoms. The first-order chi connectivity index (χ1) is 17.2. The molecule has 0 aliphatic carbocycles. The molecule has 204 valence electrons. The zero-order chi connectivity index (χ0) is 27.0. The molecule has 0 heterocycles. The number of ether oxygens (including phenoxy) is 4. The maximum Gasteiger partial charge on any atom is 0.331 e. The van der Waals surface area contributed by atoms with Crippen molar-refractivity contribution in [2.45, 2.75) is 77.0 Å². The zero-order valence-electron chi connectivity index (χ0n) is 20.4. The number of esters is 4. The Morgan fingerprint density at radius 1 is 0.444 bits per heavy atom. The SMILES string of the molecule is O=C(O)CCC(=O)OCCCCCCOC(=O)/C=C/C(=O)OCCCCCCOC(=O)CCC(=O)O. The third-order valence-electron chi connectivity index (χ3n) is 4.53. The van der Waals surface area contributed by atoms with E-state index in [1.54, 1.807) is 0 Å². The quantitative estimate of drug-likeness (QED) is 0.0930. The van der Waals surface area contributed by atoms with Gasteiger partial charge in [0.05, 0.1) is 52.1 Å². The van der Waals surface area contributed by atoms with Gasteiger partial charge in [0, 0.05) is 12.2 Å². The smallest absolute Gasteiger partial charge is 0.331 e. The maximum absolute atomic E-state index is 11.6. The summed E-state index contributed by atoms with van der Waals surface area (Å²) in [7, 11) is 0. The van der Waals surface area contributed by atoms with E-state index in [1.807, 2.05) is 0 Å². The Balaban J connectivity index is 3.56. The van der Waals surface area contributed by atoms with Crippen molar-refractivity contribution in [3.05, 3.63) is 12.2 Å². The molecule has 36 heavy (non-hydrogen) atoms. The number of hydrogen-bond donors (Lipinski definition) is 2. The van der Waals surface area contributed by atoms with Gasteiger partial charge in [-0.2, -0.15) is 0 Å². The second-order valence-corrected chi connectivity index (χ2v) is 7.73. The Kier molecular flexibility index (Phi) is 19.9. The lowest BCUT2D eigenvalue weighted by molar-refractivity contribution is -0.147. The molecule has 12 nitrogen and oxygen atoms in total. The molecule has 0 spiro atoms. The van der Waals surface area contributed by atoms with Gasteiger partial charge in [0.2, 0.25) is 0 Å². The van der Waals surface area contributed by atoms with Crippen molar-refractivity contribution >= 4 is 35.8 Å². The minimum Gasteiger partial charge on any atom is -0.481 e. The van der Waals surface area contributed by atoms with Gasteiger partial charge in [-0.25, -0.2) is 9.59 Å². The molecule has 0 bridgehead atoms. The summed E-state index contributed by atoms with van der Waals surface area (Å²) in [6.07, 6.45) is 6.67. The predicted octanol–water partition coefficient (Wildman–Crippen LogP) is 2.57. The fraction of sp³-hybridized carbons (Fsp3) is 0.667. The highest BCUT2D eigenvalue weighted by molar-refractivity contribution is 5.91. The van der Waals surface area contributed by atoms with Crippen LogP contribution in [0.25, 0.3) is 0 Å². The van der Waals surface area contributed by atoms with Gasteiger partial charge in [-0.05, 0) is 51.4 Å². The minimum absolute atomic E-state index is 0.147. The van der Waals surface area contributed by atoms with Crippen LogP contribution in [0.3, 0.4) is 0 Å². The molecule has 0 aliphatic heterocycles. The third kappa shape index (κ3) is 23.7. The molecule has 0 rings (SSSR count). The molecule has 0 unspecified atom stereocenters. The van der Waals surface area contributed by atoms with Crippen molar-refractivity contribution in [1.29, 1.82) is 0 Å². The van der Waals surface area contributed by atoms with E-state index < -0.39 is 35.8 Å². The number of carboxylic acid groups (broad SMARTS) is 2. The van der Waals surface area contributed by atoms with Crippen LogP contribution in [-0.4, -0.2) is 72.5 Å². The van der Waals surface area contributed by atoms with Crippen molar-refractivity contribution in [3.63, 3.8) is 0 Å². The summed E-state index contributed by atoms with van der Waals surface area (Å²) in [5, 5.41) is 16.9. The van der Waals surface area contributed by atoms with Crippen molar-refractivity contribution in [2.75, 3.05) is 26.4 Å². The summed E-state index contributed by atoms with van der Waals surface area (Å²) in [4.78, 5) is 66.3. The lowest BCUT2D eigenvalue weighted by Crippen LogP contribution is -2.08. The highest BCUT2D eigenvalue weighted by Gasteiger charge is 2.07. The van der Waals surface area contributed by atoms with Crippen LogP contribution in [0, 0.1) is 0 Å². The number of carboxylic acids is 2. The van der Waals surface area contributed by atoms with Gasteiger partial charge >= 0.3 is 35.8 Å². The number of carbonyl (C=O) groups is 6. The monoisotopic (exact) mass is 516 g/mol. The van der Waals surface area contributed by atoms with E-state index in [1.165, 1.54) is 0 Å². The van der Waals surface area contributed by atoms with Crippen LogP contribution >= 0.6 is 0 Å². The molecular weight excluding hydrogens is 480 g/mol. The van der Waals surface area contributed by atoms with E-state index in [0.717, 1.165) is 37.8 Å². The minimum atomic E-state index is -1.05. The summed E-state index contributed by atoms with van der Waals surface area (Å²) in [6, 6.07) is 0. The number of aliphatic carboxylic acids is 2. The van der Waals surface area contributed by atoms with Crippen LogP contribution < -0.4 is 0 Å². The summed E-state index contributed by atoms with van der Waals surface area (Å²) in [5.41, 5.74) is 0. The van der Waals surface area contributed by atoms with E-state index >= 15 is 0 Å². The average Bonchev–Trinajstić information content (AvgIpc) is 2.83. The van der Waals surface area contributed by atoms with Gasteiger partial charge in [0.1, 0.15) is 0 Å². The van der Waals surface area contributed by atoms with Gasteiger partial charge in [-0.1, -0.05) is 0 Å². The van der Waals surface area contributed by atoms with E-state index in [-0.39, 0.29) is 52.1 Å². The van der Waals surface area contributed by atoms with Gasteiger partial charge in [0.15, 0.2) is 0 Å². The van der Waals surface area contributed by atoms with E-state index in [9.17, 15) is 28.8 Å². The molecule has 0 aromatic heterocycles. The summed E-state index contributed by atoms with van der Waals surface area (Å²) in [6.45, 7) is 0.806. The predicted molar refractivity (Wildman–Crippen MR) is 124 cm³/mol. The zero-order valence-corrected chi connectivity index (χ0v) is 20.4. The second-order valence-electron chi connectivity index (χ2n) is 7.73. The normalized spacial score (nSPS) is 10.6. The fourth-order valence-corrected chi connectivity index (χ4v) is 2.63. The van der Waals surface area contributed by atoms with E-state index in [4.69, 9.17) is 29.2 Å². The first-order valence-corrected chi connectivity index (χ1v) is 12.0. The molecule has 0 saturated carbocycles. The highest BCUT2D eigenvalue weighted by atomic mass is 16.5. The Morgan fingerprint density at radius 3 is 1.06 bits per heavy atom. The molecule has 0 atom stereocenters. The van der Waals surface area contributed by atoms with Crippen molar-refractivity contribution in [3.8, 4) is 0 Å². The van der Waals surface area contributed by atoms with Gasteiger partial charge in [-0.15, -0.1) is 0 Å². The topological polar surface area (TPSA) is 180 Å². The van der Waals surface area contributed by atoms with Crippen molar-refractivity contribution < 1.29 is 57.9 Å². The third-order valence-corrected chi connectivity index (χ3v) is 4.53. The van der Waals surface area contributed by atoms with E-state index in [2.05, 4.69) is 0 Å². The standard InChI is InChI=1S/C24H36O12/c25-19(26)9-11-21(29)33-15-5-1-3-7-17-35-23(31)13-14-24(32)36-18-8-4-2-6-16-34-22(30)12-10-20(27)28/h13-14H,1-12,15-18H2,(H,25,26)(H,27,28)/b14-13+. The first kappa shape index (κ1) is 32.6. The van der Waals surface area contributed by atoms with E-state index in [0.29, 0.717) is 25.7 Å². The number of unbranched alkanes of at least 4 members (excludes halogenated alkanes) is 6. The Hall–Kier alpha value is -3.44. The molecular formula is C24H36O12. The first-order valence-electron chi connectivity index (χ1n) is 12.0.